The zero-order chi connectivity index (χ0) is 29.2. The first-order chi connectivity index (χ1) is 20.8. The fourth-order valence-electron chi connectivity index (χ4n) is 4.68. The largest absolute Gasteiger partial charge is 0.494 e. The number of ether oxygens (including phenoxy) is 2. The van der Waals surface area contributed by atoms with Crippen molar-refractivity contribution in [3.8, 4) is 35.0 Å². The molecule has 222 valence electrons. The van der Waals surface area contributed by atoms with Crippen molar-refractivity contribution < 1.29 is 9.47 Å². The zero-order valence-electron chi connectivity index (χ0n) is 25.3. The van der Waals surface area contributed by atoms with Crippen LogP contribution in [0.15, 0.2) is 67.3 Å². The molecular weight excluding hydrogens is 522 g/mol. The van der Waals surface area contributed by atoms with Crippen molar-refractivity contribution >= 4 is 0 Å². The van der Waals surface area contributed by atoms with Gasteiger partial charge in [0.25, 0.3) is 0 Å². The molecule has 1 aromatic carbocycles. The van der Waals surface area contributed by atoms with E-state index in [1.54, 1.807) is 21.8 Å². The molecule has 0 aliphatic carbocycles. The van der Waals surface area contributed by atoms with Crippen molar-refractivity contribution in [2.75, 3.05) is 13.2 Å². The summed E-state index contributed by atoms with van der Waals surface area (Å²) in [6.07, 6.45) is 22.0. The SMILES string of the molecule is CCCCCCCCOc1ccc(OCCCCCCCC)c(C#Cc2cnn(-c3cccc(-n4cccn4)n3)c2)c1. The van der Waals surface area contributed by atoms with Gasteiger partial charge < -0.3 is 9.47 Å². The second kappa shape index (κ2) is 17.7. The van der Waals surface area contributed by atoms with Crippen LogP contribution in [0, 0.1) is 11.8 Å². The predicted octanol–water partition coefficient (Wildman–Crippen LogP) is 8.33. The third-order valence-electron chi connectivity index (χ3n) is 7.09. The summed E-state index contributed by atoms with van der Waals surface area (Å²) in [6.45, 7) is 5.90. The van der Waals surface area contributed by atoms with Crippen LogP contribution in [0.25, 0.3) is 11.6 Å². The van der Waals surface area contributed by atoms with Crippen molar-refractivity contribution in [2.45, 2.75) is 90.9 Å². The molecule has 7 heteroatoms. The summed E-state index contributed by atoms with van der Waals surface area (Å²) in [6, 6.07) is 13.6. The minimum Gasteiger partial charge on any atom is -0.494 e. The number of rotatable bonds is 18. The highest BCUT2D eigenvalue weighted by Crippen LogP contribution is 2.25. The molecule has 0 unspecified atom stereocenters. The van der Waals surface area contributed by atoms with Gasteiger partial charge in [0.1, 0.15) is 11.5 Å². The molecule has 3 heterocycles. The predicted molar refractivity (Wildman–Crippen MR) is 169 cm³/mol. The van der Waals surface area contributed by atoms with Crippen LogP contribution >= 0.6 is 0 Å². The van der Waals surface area contributed by atoms with Gasteiger partial charge in [-0.05, 0) is 49.2 Å². The van der Waals surface area contributed by atoms with Crippen molar-refractivity contribution in [2.24, 2.45) is 0 Å². The van der Waals surface area contributed by atoms with E-state index in [9.17, 15) is 0 Å². The van der Waals surface area contributed by atoms with Crippen LogP contribution in [0.5, 0.6) is 11.5 Å². The Morgan fingerprint density at radius 2 is 1.38 bits per heavy atom. The van der Waals surface area contributed by atoms with Gasteiger partial charge in [0.15, 0.2) is 11.6 Å². The Labute approximate surface area is 251 Å². The van der Waals surface area contributed by atoms with Crippen LogP contribution in [0.2, 0.25) is 0 Å². The van der Waals surface area contributed by atoms with Gasteiger partial charge in [0, 0.05) is 18.6 Å². The van der Waals surface area contributed by atoms with Crippen molar-refractivity contribution in [3.63, 3.8) is 0 Å². The summed E-state index contributed by atoms with van der Waals surface area (Å²) in [7, 11) is 0. The van der Waals surface area contributed by atoms with E-state index in [0.717, 1.165) is 41.3 Å². The third kappa shape index (κ3) is 10.1. The molecule has 42 heavy (non-hydrogen) atoms. The monoisotopic (exact) mass is 567 g/mol. The Balaban J connectivity index is 1.42. The Kier molecular flexibility index (Phi) is 13.0. The van der Waals surface area contributed by atoms with E-state index < -0.39 is 0 Å². The van der Waals surface area contributed by atoms with Gasteiger partial charge in [0.05, 0.1) is 30.5 Å². The summed E-state index contributed by atoms with van der Waals surface area (Å²) in [5.41, 5.74) is 1.62. The highest BCUT2D eigenvalue weighted by molar-refractivity contribution is 5.52. The lowest BCUT2D eigenvalue weighted by molar-refractivity contribution is 0.295. The quantitative estimate of drug-likeness (QED) is 0.0893. The maximum absolute atomic E-state index is 6.19. The van der Waals surface area contributed by atoms with E-state index in [0.29, 0.717) is 19.0 Å². The molecular formula is C35H45N5O2. The van der Waals surface area contributed by atoms with Crippen LogP contribution in [-0.2, 0) is 0 Å². The van der Waals surface area contributed by atoms with E-state index in [2.05, 4.69) is 40.9 Å². The lowest BCUT2D eigenvalue weighted by Gasteiger charge is -2.11. The highest BCUT2D eigenvalue weighted by atomic mass is 16.5. The van der Waals surface area contributed by atoms with Crippen LogP contribution in [0.4, 0.5) is 0 Å². The van der Waals surface area contributed by atoms with E-state index in [-0.39, 0.29) is 0 Å². The molecule has 0 bridgehead atoms. The Morgan fingerprint density at radius 1 is 0.690 bits per heavy atom. The van der Waals surface area contributed by atoms with Gasteiger partial charge in [0.2, 0.25) is 0 Å². The molecule has 0 saturated carbocycles. The van der Waals surface area contributed by atoms with Crippen molar-refractivity contribution in [1.29, 1.82) is 0 Å². The molecule has 4 aromatic rings. The molecule has 0 N–H and O–H groups in total. The highest BCUT2D eigenvalue weighted by Gasteiger charge is 2.07. The molecule has 0 spiro atoms. The maximum atomic E-state index is 6.19. The van der Waals surface area contributed by atoms with Gasteiger partial charge in [-0.25, -0.2) is 14.3 Å². The maximum Gasteiger partial charge on any atom is 0.155 e. The topological polar surface area (TPSA) is 67.0 Å². The summed E-state index contributed by atoms with van der Waals surface area (Å²) in [5.74, 6) is 9.64. The molecule has 0 aliphatic heterocycles. The van der Waals surface area contributed by atoms with Gasteiger partial charge in [-0.1, -0.05) is 96.0 Å². The Hall–Kier alpha value is -4.05. The number of benzene rings is 1. The first-order valence-corrected chi connectivity index (χ1v) is 15.7. The zero-order valence-corrected chi connectivity index (χ0v) is 25.3. The number of aromatic nitrogens is 5. The smallest absolute Gasteiger partial charge is 0.155 e. The molecule has 0 aliphatic rings. The molecule has 0 saturated heterocycles. The van der Waals surface area contributed by atoms with Gasteiger partial charge in [-0.3, -0.25) is 0 Å². The molecule has 0 atom stereocenters. The van der Waals surface area contributed by atoms with Crippen LogP contribution in [0.1, 0.15) is 102 Å². The van der Waals surface area contributed by atoms with Gasteiger partial charge in [-0.15, -0.1) is 0 Å². The van der Waals surface area contributed by atoms with E-state index in [4.69, 9.17) is 9.47 Å². The Bertz CT molecular complexity index is 1380. The molecule has 7 nitrogen and oxygen atoms in total. The normalized spacial score (nSPS) is 10.8. The van der Waals surface area contributed by atoms with Crippen molar-refractivity contribution in [3.05, 3.63) is 78.4 Å². The van der Waals surface area contributed by atoms with Crippen LogP contribution in [-0.4, -0.2) is 37.8 Å². The first kappa shape index (κ1) is 30.9. The minimum absolute atomic E-state index is 0.689. The van der Waals surface area contributed by atoms with Crippen LogP contribution in [0.3, 0.4) is 0 Å². The van der Waals surface area contributed by atoms with E-state index >= 15 is 0 Å². The molecule has 0 fully saturated rings. The van der Waals surface area contributed by atoms with Gasteiger partial charge in [-0.2, -0.15) is 10.2 Å². The Morgan fingerprint density at radius 3 is 2.10 bits per heavy atom. The second-order valence-corrected chi connectivity index (χ2v) is 10.6. The molecule has 0 amide bonds. The standard InChI is InChI=1S/C35H45N5O2/c1-3-5-7-9-11-13-25-41-32-21-22-33(42-26-14-12-10-8-6-4-2)31(27-32)20-19-30-28-37-40(29-30)35-18-15-17-34(38-35)39-24-16-23-36-39/h15-18,21-24,27-29H,3-14,25-26H2,1-2H3. The average Bonchev–Trinajstić information content (AvgIpc) is 3.73. The summed E-state index contributed by atoms with van der Waals surface area (Å²) in [4.78, 5) is 4.68. The second-order valence-electron chi connectivity index (χ2n) is 10.6. The minimum atomic E-state index is 0.689. The summed E-state index contributed by atoms with van der Waals surface area (Å²) < 4.78 is 15.7. The van der Waals surface area contributed by atoms with Crippen LogP contribution < -0.4 is 9.47 Å². The van der Waals surface area contributed by atoms with Gasteiger partial charge >= 0.3 is 0 Å². The number of unbranched alkanes of at least 4 members (excludes halogenated alkanes) is 10. The van der Waals surface area contributed by atoms with E-state index in [1.165, 1.54) is 64.2 Å². The number of pyridine rings is 1. The molecule has 3 aromatic heterocycles. The van der Waals surface area contributed by atoms with E-state index in [1.807, 2.05) is 54.9 Å². The lowest BCUT2D eigenvalue weighted by Crippen LogP contribution is -2.03. The fraction of sp³-hybridized carbons (Fsp3) is 0.457. The number of hydrogen-bond acceptors (Lipinski definition) is 5. The van der Waals surface area contributed by atoms with Crippen molar-refractivity contribution in [1.82, 2.24) is 24.5 Å². The summed E-state index contributed by atoms with van der Waals surface area (Å²) >= 11 is 0. The molecule has 0 radical (unpaired) electrons. The fourth-order valence-corrected chi connectivity index (χ4v) is 4.68. The average molecular weight is 568 g/mol. The number of hydrogen-bond donors (Lipinski definition) is 0. The summed E-state index contributed by atoms with van der Waals surface area (Å²) in [5, 5.41) is 8.76. The lowest BCUT2D eigenvalue weighted by atomic mass is 10.1. The molecule has 4 rings (SSSR count). The number of nitrogens with zero attached hydrogens (tertiary/aromatic N) is 5. The first-order valence-electron chi connectivity index (χ1n) is 15.7. The third-order valence-corrected chi connectivity index (χ3v) is 7.09.